The molecule has 0 saturated heterocycles. The lowest BCUT2D eigenvalue weighted by atomic mass is 10.1. The Morgan fingerprint density at radius 2 is 1.86 bits per heavy atom. The van der Waals surface area contributed by atoms with Crippen LogP contribution >= 0.6 is 11.6 Å². The number of halogens is 5. The molecular formula is C19H15ClF4N4. The zero-order valence-corrected chi connectivity index (χ0v) is 15.1. The van der Waals surface area contributed by atoms with Crippen LogP contribution in [0.4, 0.5) is 23.4 Å². The molecule has 4 nitrogen and oxygen atoms in total. The lowest BCUT2D eigenvalue weighted by Gasteiger charge is -2.14. The molecule has 0 aliphatic carbocycles. The minimum Gasteiger partial charge on any atom is -0.368 e. The van der Waals surface area contributed by atoms with Gasteiger partial charge in [-0.15, -0.1) is 0 Å². The number of nitrogens with two attached hydrogens (primary N) is 1. The first-order valence-corrected chi connectivity index (χ1v) is 8.56. The van der Waals surface area contributed by atoms with E-state index in [0.717, 1.165) is 6.07 Å². The van der Waals surface area contributed by atoms with Crippen LogP contribution in [0.25, 0.3) is 11.3 Å². The van der Waals surface area contributed by atoms with Crippen molar-refractivity contribution in [3.63, 3.8) is 0 Å². The Balaban J connectivity index is 1.75. The van der Waals surface area contributed by atoms with Gasteiger partial charge in [-0.1, -0.05) is 29.8 Å². The van der Waals surface area contributed by atoms with E-state index in [1.54, 1.807) is 18.2 Å². The van der Waals surface area contributed by atoms with E-state index >= 15 is 0 Å². The maximum Gasteiger partial charge on any atom is 0.417 e. The van der Waals surface area contributed by atoms with Crippen molar-refractivity contribution in [2.24, 2.45) is 5.73 Å². The Morgan fingerprint density at radius 1 is 1.07 bits per heavy atom. The van der Waals surface area contributed by atoms with Crippen molar-refractivity contribution in [2.75, 3.05) is 11.9 Å². The summed E-state index contributed by atoms with van der Waals surface area (Å²) in [6, 6.07) is 10.5. The number of nitrogens with zero attached hydrogens (tertiary/aromatic N) is 2. The molecule has 146 valence electrons. The van der Waals surface area contributed by atoms with Gasteiger partial charge in [-0.05, 0) is 29.8 Å². The quantitative estimate of drug-likeness (QED) is 0.577. The van der Waals surface area contributed by atoms with Crippen LogP contribution in [0.5, 0.6) is 0 Å². The molecule has 0 aliphatic heterocycles. The molecule has 0 amide bonds. The third-order valence-electron chi connectivity index (χ3n) is 4.02. The van der Waals surface area contributed by atoms with E-state index in [2.05, 4.69) is 15.3 Å². The SMILES string of the molecule is N[C@@H](CNc1cc(-c2ccc(C(F)(F)F)c(Cl)c2)ncn1)c1cccc(F)c1. The van der Waals surface area contributed by atoms with Gasteiger partial charge in [0.2, 0.25) is 0 Å². The number of hydrogen-bond acceptors (Lipinski definition) is 4. The number of hydrogen-bond donors (Lipinski definition) is 2. The number of anilines is 1. The summed E-state index contributed by atoms with van der Waals surface area (Å²) in [6.45, 7) is 0.272. The van der Waals surface area contributed by atoms with Gasteiger partial charge >= 0.3 is 6.18 Å². The van der Waals surface area contributed by atoms with Gasteiger partial charge in [-0.25, -0.2) is 14.4 Å². The molecule has 3 N–H and O–H groups in total. The van der Waals surface area contributed by atoms with E-state index in [0.29, 0.717) is 22.6 Å². The van der Waals surface area contributed by atoms with Gasteiger partial charge in [0.25, 0.3) is 0 Å². The van der Waals surface area contributed by atoms with Gasteiger partial charge in [-0.3, -0.25) is 0 Å². The van der Waals surface area contributed by atoms with Crippen molar-refractivity contribution in [2.45, 2.75) is 12.2 Å². The molecular weight excluding hydrogens is 396 g/mol. The van der Waals surface area contributed by atoms with Gasteiger partial charge in [0.15, 0.2) is 0 Å². The molecule has 28 heavy (non-hydrogen) atoms. The predicted molar refractivity (Wildman–Crippen MR) is 99.3 cm³/mol. The lowest BCUT2D eigenvalue weighted by molar-refractivity contribution is -0.137. The Morgan fingerprint density at radius 3 is 2.54 bits per heavy atom. The summed E-state index contributed by atoms with van der Waals surface area (Å²) in [5.74, 6) is 0.0457. The van der Waals surface area contributed by atoms with Crippen molar-refractivity contribution in [1.82, 2.24) is 9.97 Å². The molecule has 9 heteroatoms. The highest BCUT2D eigenvalue weighted by Crippen LogP contribution is 2.36. The van der Waals surface area contributed by atoms with Crippen LogP contribution in [-0.2, 0) is 6.18 Å². The van der Waals surface area contributed by atoms with Crippen molar-refractivity contribution >= 4 is 17.4 Å². The molecule has 1 aromatic heterocycles. The minimum atomic E-state index is -4.53. The van der Waals surface area contributed by atoms with E-state index in [-0.39, 0.29) is 12.4 Å². The molecule has 0 radical (unpaired) electrons. The molecule has 3 aromatic rings. The van der Waals surface area contributed by atoms with Crippen LogP contribution in [0.15, 0.2) is 54.9 Å². The third kappa shape index (κ3) is 4.76. The summed E-state index contributed by atoms with van der Waals surface area (Å²) in [7, 11) is 0. The molecule has 0 unspecified atom stereocenters. The van der Waals surface area contributed by atoms with E-state index < -0.39 is 22.8 Å². The topological polar surface area (TPSA) is 63.8 Å². The smallest absolute Gasteiger partial charge is 0.368 e. The molecule has 0 aliphatic rings. The zero-order chi connectivity index (χ0) is 20.3. The largest absolute Gasteiger partial charge is 0.417 e. The normalized spacial score (nSPS) is 12.6. The average Bonchev–Trinajstić information content (AvgIpc) is 2.65. The molecule has 0 saturated carbocycles. The predicted octanol–water partition coefficient (Wildman–Crippen LogP) is 5.07. The van der Waals surface area contributed by atoms with Crippen LogP contribution in [0.3, 0.4) is 0 Å². The molecule has 0 spiro atoms. The molecule has 0 bridgehead atoms. The lowest BCUT2D eigenvalue weighted by Crippen LogP contribution is -2.21. The third-order valence-corrected chi connectivity index (χ3v) is 4.33. The van der Waals surface area contributed by atoms with Gasteiger partial charge in [0.05, 0.1) is 16.3 Å². The summed E-state index contributed by atoms with van der Waals surface area (Å²) >= 11 is 5.76. The van der Waals surface area contributed by atoms with Crippen LogP contribution in [-0.4, -0.2) is 16.5 Å². The van der Waals surface area contributed by atoms with E-state index in [1.165, 1.54) is 30.6 Å². The maximum atomic E-state index is 13.3. The Bertz CT molecular complexity index is 978. The standard InChI is InChI=1S/C19H15ClF4N4/c20-15-7-12(4-5-14(15)19(22,23)24)17-8-18(28-10-27-17)26-9-16(25)11-2-1-3-13(21)6-11/h1-8,10,16H,9,25H2,(H,26,27,28)/t16-/m0/s1. The zero-order valence-electron chi connectivity index (χ0n) is 14.3. The van der Waals surface area contributed by atoms with E-state index in [4.69, 9.17) is 17.3 Å². The fourth-order valence-corrected chi connectivity index (χ4v) is 2.87. The number of rotatable bonds is 5. The van der Waals surface area contributed by atoms with Gasteiger partial charge in [-0.2, -0.15) is 13.2 Å². The average molecular weight is 411 g/mol. The first-order chi connectivity index (χ1) is 13.2. The maximum absolute atomic E-state index is 13.3. The Kier molecular flexibility index (Phi) is 5.81. The fourth-order valence-electron chi connectivity index (χ4n) is 2.59. The number of benzene rings is 2. The first-order valence-electron chi connectivity index (χ1n) is 8.18. The van der Waals surface area contributed by atoms with Crippen LogP contribution in [0, 0.1) is 5.82 Å². The van der Waals surface area contributed by atoms with Crippen LogP contribution in [0.2, 0.25) is 5.02 Å². The number of nitrogens with one attached hydrogen (secondary N) is 1. The highest BCUT2D eigenvalue weighted by molar-refractivity contribution is 6.31. The van der Waals surface area contributed by atoms with Crippen molar-refractivity contribution in [3.8, 4) is 11.3 Å². The fraction of sp³-hybridized carbons (Fsp3) is 0.158. The monoisotopic (exact) mass is 410 g/mol. The minimum absolute atomic E-state index is 0.272. The van der Waals surface area contributed by atoms with E-state index in [9.17, 15) is 17.6 Å². The Labute approximate surface area is 163 Å². The summed E-state index contributed by atoms with van der Waals surface area (Å²) < 4.78 is 51.8. The first kappa shape index (κ1) is 20.0. The summed E-state index contributed by atoms with van der Waals surface area (Å²) in [5, 5.41) is 2.60. The highest BCUT2D eigenvalue weighted by atomic mass is 35.5. The van der Waals surface area contributed by atoms with E-state index in [1.807, 2.05) is 0 Å². The van der Waals surface area contributed by atoms with Gasteiger partial charge in [0.1, 0.15) is 18.0 Å². The van der Waals surface area contributed by atoms with Crippen molar-refractivity contribution in [1.29, 1.82) is 0 Å². The molecule has 3 rings (SSSR count). The second kappa shape index (κ2) is 8.12. The van der Waals surface area contributed by atoms with Gasteiger partial charge in [0, 0.05) is 24.2 Å². The number of alkyl halides is 3. The van der Waals surface area contributed by atoms with Gasteiger partial charge < -0.3 is 11.1 Å². The molecule has 1 atom stereocenters. The summed E-state index contributed by atoms with van der Waals surface area (Å²) in [6.07, 6.45) is -3.25. The summed E-state index contributed by atoms with van der Waals surface area (Å²) in [5.41, 5.74) is 6.56. The second-order valence-electron chi connectivity index (χ2n) is 6.02. The van der Waals surface area contributed by atoms with Crippen molar-refractivity contribution < 1.29 is 17.6 Å². The van der Waals surface area contributed by atoms with Crippen LogP contribution < -0.4 is 11.1 Å². The molecule has 1 heterocycles. The molecule has 2 aromatic carbocycles. The van der Waals surface area contributed by atoms with Crippen molar-refractivity contribution in [3.05, 3.63) is 76.8 Å². The molecule has 0 fully saturated rings. The Hall–Kier alpha value is -2.71. The second-order valence-corrected chi connectivity index (χ2v) is 6.43. The highest BCUT2D eigenvalue weighted by Gasteiger charge is 2.33. The summed E-state index contributed by atoms with van der Waals surface area (Å²) in [4.78, 5) is 8.13. The number of aromatic nitrogens is 2. The van der Waals surface area contributed by atoms with Crippen LogP contribution in [0.1, 0.15) is 17.2 Å².